The van der Waals surface area contributed by atoms with Crippen LogP contribution >= 0.6 is 0 Å². The normalized spacial score (nSPS) is 16.9. The number of aliphatic carboxylic acids is 1. The number of ether oxygens (including phenoxy) is 1. The standard InChI is InChI=1S/C19H32O4.H3N/c1-3-4-5-6-7-8-9-10-11-12-13-14-16-17(18(20)21)15(2)19(22)23-16;/h16H,3-14H2,1-2H3,(H,20,21);1H3/t16-;/m0./s1. The lowest BCUT2D eigenvalue weighted by Gasteiger charge is -2.14. The molecule has 1 atom stereocenters. The van der Waals surface area contributed by atoms with E-state index in [4.69, 9.17) is 4.74 Å². The van der Waals surface area contributed by atoms with Crippen molar-refractivity contribution in [3.05, 3.63) is 11.1 Å². The fraction of sp³-hybridized carbons (Fsp3) is 0.789. The summed E-state index contributed by atoms with van der Waals surface area (Å²) in [6, 6.07) is 0. The van der Waals surface area contributed by atoms with E-state index in [2.05, 4.69) is 6.92 Å². The maximum atomic E-state index is 11.4. The highest BCUT2D eigenvalue weighted by molar-refractivity contribution is 6.02. The van der Waals surface area contributed by atoms with Gasteiger partial charge in [-0.2, -0.15) is 0 Å². The van der Waals surface area contributed by atoms with Gasteiger partial charge in [-0.25, -0.2) is 4.79 Å². The Morgan fingerprint density at radius 2 is 1.42 bits per heavy atom. The number of unbranched alkanes of at least 4 members (excludes halogenated alkanes) is 10. The van der Waals surface area contributed by atoms with Crippen LogP contribution in [0.2, 0.25) is 0 Å². The minimum Gasteiger partial charge on any atom is -0.545 e. The fourth-order valence-corrected chi connectivity index (χ4v) is 3.11. The lowest BCUT2D eigenvalue weighted by atomic mass is 10.00. The molecule has 0 saturated carbocycles. The van der Waals surface area contributed by atoms with E-state index in [-0.39, 0.29) is 17.3 Å². The summed E-state index contributed by atoms with van der Waals surface area (Å²) in [7, 11) is 0. The summed E-state index contributed by atoms with van der Waals surface area (Å²) < 4.78 is 5.11. The number of quaternary nitrogens is 1. The number of hydrogen-bond donors (Lipinski definition) is 1. The topological polar surface area (TPSA) is 103 Å². The van der Waals surface area contributed by atoms with E-state index in [1.54, 1.807) is 0 Å². The van der Waals surface area contributed by atoms with Gasteiger partial charge in [-0.3, -0.25) is 0 Å². The molecule has 1 heterocycles. The second-order valence-electron chi connectivity index (χ2n) is 6.54. The number of esters is 1. The number of carboxylic acids is 1. The van der Waals surface area contributed by atoms with E-state index in [1.165, 1.54) is 64.7 Å². The molecular formula is C19H35NO4. The zero-order chi connectivity index (χ0) is 17.1. The maximum absolute atomic E-state index is 11.4. The van der Waals surface area contributed by atoms with Crippen molar-refractivity contribution in [3.63, 3.8) is 0 Å². The van der Waals surface area contributed by atoms with Gasteiger partial charge in [0, 0.05) is 11.1 Å². The van der Waals surface area contributed by atoms with Gasteiger partial charge in [0.2, 0.25) is 0 Å². The van der Waals surface area contributed by atoms with Gasteiger partial charge in [0.25, 0.3) is 0 Å². The monoisotopic (exact) mass is 341 g/mol. The van der Waals surface area contributed by atoms with Gasteiger partial charge < -0.3 is 20.8 Å². The molecule has 1 rings (SSSR count). The molecule has 1 aliphatic rings. The number of carboxylic acid groups (broad SMARTS) is 1. The average Bonchev–Trinajstić information content (AvgIpc) is 2.79. The highest BCUT2D eigenvalue weighted by Crippen LogP contribution is 2.26. The summed E-state index contributed by atoms with van der Waals surface area (Å²) in [4.78, 5) is 22.5. The van der Waals surface area contributed by atoms with E-state index in [1.807, 2.05) is 0 Å². The molecule has 0 aromatic rings. The molecule has 1 aliphatic heterocycles. The highest BCUT2D eigenvalue weighted by Gasteiger charge is 2.31. The first-order chi connectivity index (χ1) is 11.1. The Balaban J connectivity index is 0.00000529. The van der Waals surface area contributed by atoms with E-state index < -0.39 is 18.0 Å². The Kier molecular flexibility index (Phi) is 12.3. The molecule has 24 heavy (non-hydrogen) atoms. The zero-order valence-corrected chi connectivity index (χ0v) is 15.7. The van der Waals surface area contributed by atoms with Gasteiger partial charge in [0.1, 0.15) is 6.10 Å². The third kappa shape index (κ3) is 7.95. The minimum absolute atomic E-state index is 0. The van der Waals surface area contributed by atoms with Gasteiger partial charge in [-0.1, -0.05) is 71.1 Å². The quantitative estimate of drug-likeness (QED) is 0.403. The molecule has 5 heteroatoms. The Labute approximate surface area is 146 Å². The first kappa shape index (κ1) is 22.6. The third-order valence-electron chi connectivity index (χ3n) is 4.57. The molecule has 0 unspecified atom stereocenters. The van der Waals surface area contributed by atoms with E-state index >= 15 is 0 Å². The third-order valence-corrected chi connectivity index (χ3v) is 4.57. The van der Waals surface area contributed by atoms with Crippen molar-refractivity contribution >= 4 is 11.9 Å². The van der Waals surface area contributed by atoms with Crippen LogP contribution in [0.1, 0.15) is 90.9 Å². The Bertz CT molecular complexity index is 418. The lowest BCUT2D eigenvalue weighted by Crippen LogP contribution is -2.30. The molecule has 0 aromatic carbocycles. The first-order valence-electron chi connectivity index (χ1n) is 9.21. The molecular weight excluding hydrogens is 306 g/mol. The van der Waals surface area contributed by atoms with Crippen LogP contribution in [0.5, 0.6) is 0 Å². The number of rotatable bonds is 13. The van der Waals surface area contributed by atoms with Crippen molar-refractivity contribution in [1.82, 2.24) is 6.15 Å². The van der Waals surface area contributed by atoms with Crippen molar-refractivity contribution in [2.75, 3.05) is 0 Å². The molecule has 0 bridgehead atoms. The second kappa shape index (κ2) is 13.0. The van der Waals surface area contributed by atoms with E-state index in [0.717, 1.165) is 12.8 Å². The molecule has 0 aromatic heterocycles. The molecule has 0 fully saturated rings. The van der Waals surface area contributed by atoms with Crippen LogP contribution in [0.25, 0.3) is 0 Å². The fourth-order valence-electron chi connectivity index (χ4n) is 3.11. The average molecular weight is 341 g/mol. The zero-order valence-electron chi connectivity index (χ0n) is 15.7. The summed E-state index contributed by atoms with van der Waals surface area (Å²) in [6.07, 6.45) is 13.7. The first-order valence-corrected chi connectivity index (χ1v) is 9.21. The number of carbonyl (C=O) groups excluding carboxylic acids is 2. The molecule has 0 spiro atoms. The van der Waals surface area contributed by atoms with Crippen LogP contribution in [0, 0.1) is 0 Å². The predicted octanol–water partition coefficient (Wildman–Crippen LogP) is 4.06. The summed E-state index contributed by atoms with van der Waals surface area (Å²) >= 11 is 0. The number of hydrogen-bond acceptors (Lipinski definition) is 4. The molecule has 0 amide bonds. The largest absolute Gasteiger partial charge is 0.545 e. The maximum Gasteiger partial charge on any atom is 0.334 e. The molecule has 4 N–H and O–H groups in total. The van der Waals surface area contributed by atoms with Gasteiger partial charge in [-0.15, -0.1) is 0 Å². The molecule has 0 aliphatic carbocycles. The van der Waals surface area contributed by atoms with Gasteiger partial charge in [-0.05, 0) is 19.8 Å². The van der Waals surface area contributed by atoms with Crippen LogP contribution in [0.4, 0.5) is 0 Å². The van der Waals surface area contributed by atoms with E-state index in [9.17, 15) is 14.7 Å². The molecule has 0 saturated heterocycles. The van der Waals surface area contributed by atoms with Gasteiger partial charge >= 0.3 is 5.97 Å². The van der Waals surface area contributed by atoms with Crippen molar-refractivity contribution in [3.8, 4) is 0 Å². The Morgan fingerprint density at radius 1 is 0.958 bits per heavy atom. The SMILES string of the molecule is CCCCCCCCCCCCC[C@@H]1OC(=O)C(C)=C1C(=O)[O-].[NH4+]. The van der Waals surface area contributed by atoms with Crippen molar-refractivity contribution < 1.29 is 19.4 Å². The summed E-state index contributed by atoms with van der Waals surface area (Å²) in [5.74, 6) is -1.79. The van der Waals surface area contributed by atoms with Crippen molar-refractivity contribution in [2.24, 2.45) is 0 Å². The smallest absolute Gasteiger partial charge is 0.334 e. The number of cyclic esters (lactones) is 1. The van der Waals surface area contributed by atoms with Crippen molar-refractivity contribution in [2.45, 2.75) is 97.0 Å². The molecule has 140 valence electrons. The summed E-state index contributed by atoms with van der Waals surface area (Å²) in [5.41, 5.74) is 0.236. The van der Waals surface area contributed by atoms with Crippen LogP contribution in [0.15, 0.2) is 11.1 Å². The molecule has 0 radical (unpaired) electrons. The van der Waals surface area contributed by atoms with Crippen LogP contribution in [0.3, 0.4) is 0 Å². The lowest BCUT2D eigenvalue weighted by molar-refractivity contribution is -0.300. The van der Waals surface area contributed by atoms with Crippen LogP contribution in [-0.4, -0.2) is 18.0 Å². The summed E-state index contributed by atoms with van der Waals surface area (Å²) in [5, 5.41) is 11.1. The Morgan fingerprint density at radius 3 is 1.88 bits per heavy atom. The summed E-state index contributed by atoms with van der Waals surface area (Å²) in [6.45, 7) is 3.73. The second-order valence-corrected chi connectivity index (χ2v) is 6.54. The number of carbonyl (C=O) groups is 2. The Hall–Kier alpha value is -1.36. The highest BCUT2D eigenvalue weighted by atomic mass is 16.5. The van der Waals surface area contributed by atoms with Crippen LogP contribution in [-0.2, 0) is 14.3 Å². The van der Waals surface area contributed by atoms with Gasteiger partial charge in [0.15, 0.2) is 0 Å². The van der Waals surface area contributed by atoms with Crippen LogP contribution < -0.4 is 11.3 Å². The minimum atomic E-state index is -1.28. The predicted molar refractivity (Wildman–Crippen MR) is 94.6 cm³/mol. The van der Waals surface area contributed by atoms with Gasteiger partial charge in [0.05, 0.1) is 5.97 Å². The van der Waals surface area contributed by atoms with Crippen molar-refractivity contribution in [1.29, 1.82) is 0 Å². The van der Waals surface area contributed by atoms with E-state index in [0.29, 0.717) is 6.42 Å². The molecule has 5 nitrogen and oxygen atoms in total.